The van der Waals surface area contributed by atoms with Crippen molar-refractivity contribution in [2.24, 2.45) is 0 Å². The molecule has 0 aromatic carbocycles. The lowest BCUT2D eigenvalue weighted by Gasteiger charge is -2.05. The molecule has 0 unspecified atom stereocenters. The van der Waals surface area contributed by atoms with Crippen molar-refractivity contribution in [3.63, 3.8) is 0 Å². The molecule has 18 heavy (non-hydrogen) atoms. The Labute approximate surface area is 103 Å². The number of aromatic carboxylic acids is 1. The number of nitrogens with one attached hydrogen (secondary N) is 2. The van der Waals surface area contributed by atoms with Gasteiger partial charge in [0, 0.05) is 19.5 Å². The number of hydrogen-bond donors (Lipinski definition) is 3. The Morgan fingerprint density at radius 3 is 2.78 bits per heavy atom. The van der Waals surface area contributed by atoms with E-state index in [2.05, 4.69) is 26.9 Å². The van der Waals surface area contributed by atoms with Crippen LogP contribution in [0.2, 0.25) is 0 Å². The Balaban J connectivity index is 2.22. The lowest BCUT2D eigenvalue weighted by atomic mass is 10.4. The third kappa shape index (κ3) is 4.52. The summed E-state index contributed by atoms with van der Waals surface area (Å²) in [6, 6.07) is -0.330. The highest BCUT2D eigenvalue weighted by atomic mass is 16.4. The molecule has 0 aliphatic heterocycles. The summed E-state index contributed by atoms with van der Waals surface area (Å²) in [5.74, 6) is 1.26. The monoisotopic (exact) mass is 251 g/mol. The summed E-state index contributed by atoms with van der Waals surface area (Å²) < 4.78 is 1.34. The molecule has 1 rings (SSSR count). The number of carboxylic acid groups (broad SMARTS) is 1. The summed E-state index contributed by atoms with van der Waals surface area (Å²) in [6.07, 6.45) is 6.79. The molecule has 3 N–H and O–H groups in total. The third-order valence-corrected chi connectivity index (χ3v) is 1.94. The number of amides is 2. The van der Waals surface area contributed by atoms with Crippen molar-refractivity contribution in [3.8, 4) is 12.3 Å². The van der Waals surface area contributed by atoms with Gasteiger partial charge in [-0.1, -0.05) is 5.21 Å². The molecule has 0 saturated carbocycles. The first-order valence-electron chi connectivity index (χ1n) is 5.22. The number of terminal acetylenes is 1. The van der Waals surface area contributed by atoms with Gasteiger partial charge in [-0.3, -0.25) is 0 Å². The lowest BCUT2D eigenvalue weighted by Crippen LogP contribution is -2.37. The van der Waals surface area contributed by atoms with Crippen molar-refractivity contribution < 1.29 is 14.7 Å². The summed E-state index contributed by atoms with van der Waals surface area (Å²) in [7, 11) is 0. The topological polar surface area (TPSA) is 109 Å². The molecule has 1 aromatic rings. The number of carboxylic acids is 1. The second-order valence-electron chi connectivity index (χ2n) is 3.31. The Morgan fingerprint density at radius 1 is 1.44 bits per heavy atom. The summed E-state index contributed by atoms with van der Waals surface area (Å²) in [4.78, 5) is 21.7. The number of urea groups is 1. The molecule has 8 nitrogen and oxygen atoms in total. The van der Waals surface area contributed by atoms with E-state index in [-0.39, 0.29) is 11.7 Å². The molecule has 0 radical (unpaired) electrons. The summed E-state index contributed by atoms with van der Waals surface area (Å²) in [6.45, 7) is 1.06. The molecular formula is C10H13N5O3. The Kier molecular flexibility index (Phi) is 5.18. The fourth-order valence-corrected chi connectivity index (χ4v) is 1.10. The van der Waals surface area contributed by atoms with E-state index in [4.69, 9.17) is 11.5 Å². The van der Waals surface area contributed by atoms with Gasteiger partial charge in [0.2, 0.25) is 0 Å². The predicted molar refractivity (Wildman–Crippen MR) is 61.8 cm³/mol. The second-order valence-corrected chi connectivity index (χ2v) is 3.31. The molecule has 1 heterocycles. The highest BCUT2D eigenvalue weighted by Crippen LogP contribution is 1.91. The summed E-state index contributed by atoms with van der Waals surface area (Å²) in [5.41, 5.74) is -0.131. The normalized spacial score (nSPS) is 9.50. The zero-order chi connectivity index (χ0) is 13.4. The van der Waals surface area contributed by atoms with Crippen LogP contribution in [0.5, 0.6) is 0 Å². The van der Waals surface area contributed by atoms with Crippen molar-refractivity contribution >= 4 is 12.0 Å². The number of rotatable bonds is 6. The quantitative estimate of drug-likeness (QED) is 0.457. The first-order chi connectivity index (χ1) is 8.63. The highest BCUT2D eigenvalue weighted by molar-refractivity contribution is 5.84. The average Bonchev–Trinajstić information content (AvgIpc) is 2.78. The van der Waals surface area contributed by atoms with Gasteiger partial charge in [-0.25, -0.2) is 14.3 Å². The van der Waals surface area contributed by atoms with Crippen LogP contribution >= 0.6 is 0 Å². The summed E-state index contributed by atoms with van der Waals surface area (Å²) in [5, 5.41) is 20.8. The van der Waals surface area contributed by atoms with E-state index < -0.39 is 5.97 Å². The number of aromatic nitrogens is 3. The maximum Gasteiger partial charge on any atom is 0.358 e. The van der Waals surface area contributed by atoms with E-state index in [1.54, 1.807) is 0 Å². The highest BCUT2D eigenvalue weighted by Gasteiger charge is 2.07. The van der Waals surface area contributed by atoms with Crippen LogP contribution in [0.1, 0.15) is 16.9 Å². The van der Waals surface area contributed by atoms with Gasteiger partial charge in [-0.05, 0) is 0 Å². The average molecular weight is 251 g/mol. The van der Waals surface area contributed by atoms with Crippen LogP contribution in [-0.4, -0.2) is 45.2 Å². The van der Waals surface area contributed by atoms with Gasteiger partial charge in [-0.15, -0.1) is 17.4 Å². The molecule has 1 aromatic heterocycles. The standard InChI is InChI=1S/C10H13N5O3/c1-2-3-4-11-10(18)12-5-6-15-7-8(9(16)17)13-14-15/h1,7H,3-6H2,(H,16,17)(H2,11,12,18). The molecule has 0 atom stereocenters. The van der Waals surface area contributed by atoms with Crippen LogP contribution in [0.25, 0.3) is 0 Å². The largest absolute Gasteiger partial charge is 0.476 e. The fraction of sp³-hybridized carbons (Fsp3) is 0.400. The number of carbonyl (C=O) groups is 2. The number of nitrogens with zero attached hydrogens (tertiary/aromatic N) is 3. The van der Waals surface area contributed by atoms with Gasteiger partial charge < -0.3 is 15.7 Å². The molecule has 0 saturated heterocycles. The smallest absolute Gasteiger partial charge is 0.358 e. The molecule has 8 heteroatoms. The van der Waals surface area contributed by atoms with E-state index in [0.29, 0.717) is 26.1 Å². The van der Waals surface area contributed by atoms with Crippen molar-refractivity contribution in [2.75, 3.05) is 13.1 Å². The Hall–Kier alpha value is -2.56. The molecule has 0 aliphatic carbocycles. The van der Waals surface area contributed by atoms with E-state index >= 15 is 0 Å². The van der Waals surface area contributed by atoms with Gasteiger partial charge in [0.1, 0.15) is 0 Å². The predicted octanol–water partition coefficient (Wildman–Crippen LogP) is -0.701. The van der Waals surface area contributed by atoms with Gasteiger partial charge in [-0.2, -0.15) is 0 Å². The molecule has 0 aliphatic rings. The first kappa shape index (κ1) is 13.5. The van der Waals surface area contributed by atoms with E-state index in [1.807, 2.05) is 0 Å². The Morgan fingerprint density at radius 2 is 2.17 bits per heavy atom. The maximum atomic E-state index is 11.2. The third-order valence-electron chi connectivity index (χ3n) is 1.94. The SMILES string of the molecule is C#CCCNC(=O)NCCn1cc(C(=O)O)nn1. The maximum absolute atomic E-state index is 11.2. The van der Waals surface area contributed by atoms with Crippen molar-refractivity contribution in [1.82, 2.24) is 25.6 Å². The van der Waals surface area contributed by atoms with Crippen LogP contribution in [0, 0.1) is 12.3 Å². The second kappa shape index (κ2) is 6.90. The number of carbonyl (C=O) groups excluding carboxylic acids is 1. The van der Waals surface area contributed by atoms with E-state index in [1.165, 1.54) is 10.9 Å². The minimum Gasteiger partial charge on any atom is -0.476 e. The fourth-order valence-electron chi connectivity index (χ4n) is 1.10. The number of hydrogen-bond acceptors (Lipinski definition) is 4. The van der Waals surface area contributed by atoms with Crippen molar-refractivity contribution in [3.05, 3.63) is 11.9 Å². The zero-order valence-electron chi connectivity index (χ0n) is 9.59. The minimum atomic E-state index is -1.14. The molecule has 96 valence electrons. The zero-order valence-corrected chi connectivity index (χ0v) is 9.59. The van der Waals surface area contributed by atoms with Crippen LogP contribution in [0.3, 0.4) is 0 Å². The van der Waals surface area contributed by atoms with Crippen LogP contribution in [-0.2, 0) is 6.54 Å². The minimum absolute atomic E-state index is 0.131. The molecule has 0 spiro atoms. The molecular weight excluding hydrogens is 238 g/mol. The van der Waals surface area contributed by atoms with Crippen molar-refractivity contribution in [1.29, 1.82) is 0 Å². The van der Waals surface area contributed by atoms with Gasteiger partial charge in [0.15, 0.2) is 5.69 Å². The first-order valence-corrected chi connectivity index (χ1v) is 5.22. The van der Waals surface area contributed by atoms with Crippen molar-refractivity contribution in [2.45, 2.75) is 13.0 Å². The molecule has 0 bridgehead atoms. The van der Waals surface area contributed by atoms with Gasteiger partial charge in [0.05, 0.1) is 12.7 Å². The van der Waals surface area contributed by atoms with E-state index in [0.717, 1.165) is 0 Å². The molecule has 2 amide bonds. The van der Waals surface area contributed by atoms with Crippen LogP contribution < -0.4 is 10.6 Å². The molecule has 0 fully saturated rings. The Bertz CT molecular complexity index is 462. The van der Waals surface area contributed by atoms with E-state index in [9.17, 15) is 9.59 Å². The van der Waals surface area contributed by atoms with Crippen LogP contribution in [0.15, 0.2) is 6.20 Å². The van der Waals surface area contributed by atoms with Gasteiger partial charge >= 0.3 is 12.0 Å². The lowest BCUT2D eigenvalue weighted by molar-refractivity contribution is 0.0690. The van der Waals surface area contributed by atoms with Crippen LogP contribution in [0.4, 0.5) is 4.79 Å². The van der Waals surface area contributed by atoms with Gasteiger partial charge in [0.25, 0.3) is 0 Å². The summed E-state index contributed by atoms with van der Waals surface area (Å²) >= 11 is 0.